The summed E-state index contributed by atoms with van der Waals surface area (Å²) in [6, 6.07) is 7.42. The summed E-state index contributed by atoms with van der Waals surface area (Å²) in [6.07, 6.45) is 6.74. The second kappa shape index (κ2) is 19.1. The lowest BCUT2D eigenvalue weighted by Crippen LogP contribution is -2.35. The molecule has 0 saturated heterocycles. The Morgan fingerprint density at radius 3 is 1.63 bits per heavy atom. The lowest BCUT2D eigenvalue weighted by atomic mass is 10.0. The zero-order valence-corrected chi connectivity index (χ0v) is 24.5. The minimum absolute atomic E-state index is 0.0741. The molecule has 1 rings (SSSR count). The highest BCUT2D eigenvalue weighted by Crippen LogP contribution is 2.17. The summed E-state index contributed by atoms with van der Waals surface area (Å²) in [4.78, 5) is 24.1. The van der Waals surface area contributed by atoms with Crippen molar-refractivity contribution in [1.82, 2.24) is 0 Å². The average molecular weight is 581 g/mol. The molecule has 3 unspecified atom stereocenters. The number of hydrogen-bond donors (Lipinski definition) is 2. The smallest absolute Gasteiger partial charge is 0.327 e. The van der Waals surface area contributed by atoms with Crippen LogP contribution >= 0.6 is 0 Å². The molecule has 2 N–H and O–H groups in total. The van der Waals surface area contributed by atoms with Crippen LogP contribution in [-0.2, 0) is 39.3 Å². The van der Waals surface area contributed by atoms with E-state index in [1.54, 1.807) is 18.2 Å². The van der Waals surface area contributed by atoms with Gasteiger partial charge in [0.2, 0.25) is 0 Å². The van der Waals surface area contributed by atoms with Crippen LogP contribution in [-0.4, -0.2) is 56.3 Å². The van der Waals surface area contributed by atoms with Crippen LogP contribution in [0.1, 0.15) is 85.5 Å². The lowest BCUT2D eigenvalue weighted by molar-refractivity contribution is -0.151. The van der Waals surface area contributed by atoms with Crippen molar-refractivity contribution in [2.75, 3.05) is 13.2 Å². The van der Waals surface area contributed by atoms with E-state index in [4.69, 9.17) is 14.0 Å². The van der Waals surface area contributed by atoms with Gasteiger partial charge in [0, 0.05) is 0 Å². The predicted octanol–water partition coefficient (Wildman–Crippen LogP) is 5.09. The molecule has 0 aromatic heterocycles. The van der Waals surface area contributed by atoms with E-state index >= 15 is 0 Å². The van der Waals surface area contributed by atoms with Crippen LogP contribution < -0.4 is 0 Å². The van der Waals surface area contributed by atoms with Gasteiger partial charge in [-0.25, -0.2) is 0 Å². The molecule has 0 fully saturated rings. The topological polar surface area (TPSA) is 161 Å². The summed E-state index contributed by atoms with van der Waals surface area (Å²) in [5.41, 5.74) is 0. The van der Waals surface area contributed by atoms with Crippen molar-refractivity contribution in [3.05, 3.63) is 30.3 Å². The fraction of sp³-hybridized carbons (Fsp3) is 0.692. The van der Waals surface area contributed by atoms with Gasteiger partial charge in [0.25, 0.3) is 20.2 Å². The van der Waals surface area contributed by atoms with Gasteiger partial charge >= 0.3 is 11.9 Å². The van der Waals surface area contributed by atoms with Crippen molar-refractivity contribution in [2.45, 2.75) is 95.6 Å². The van der Waals surface area contributed by atoms with E-state index in [9.17, 15) is 31.0 Å². The molecule has 1 aromatic rings. The highest BCUT2D eigenvalue weighted by atomic mass is 32.2. The number of hydrogen-bond acceptors (Lipinski definition) is 8. The highest BCUT2D eigenvalue weighted by molar-refractivity contribution is 7.87. The first-order valence-corrected chi connectivity index (χ1v) is 16.0. The molecule has 10 nitrogen and oxygen atoms in total. The van der Waals surface area contributed by atoms with Gasteiger partial charge in [0.15, 0.2) is 5.25 Å². The van der Waals surface area contributed by atoms with E-state index in [1.807, 2.05) is 13.8 Å². The maximum atomic E-state index is 12.2. The number of esters is 2. The Hall–Kier alpha value is -2.02. The van der Waals surface area contributed by atoms with Gasteiger partial charge in [0.05, 0.1) is 24.5 Å². The Morgan fingerprint density at radius 2 is 1.26 bits per heavy atom. The highest BCUT2D eigenvalue weighted by Gasteiger charge is 2.36. The zero-order valence-electron chi connectivity index (χ0n) is 22.9. The van der Waals surface area contributed by atoms with Crippen LogP contribution in [0.5, 0.6) is 0 Å². The van der Waals surface area contributed by atoms with E-state index in [0.717, 1.165) is 51.4 Å². The van der Waals surface area contributed by atoms with E-state index in [-0.39, 0.29) is 29.9 Å². The SMILES string of the molecule is CCCCC(CC)COC(=O)CC(C(=O)OCC(CC)CCCC)S(=O)(=O)O.O=S(=O)(O)c1ccccc1. The van der Waals surface area contributed by atoms with Crippen molar-refractivity contribution < 1.29 is 45.0 Å². The van der Waals surface area contributed by atoms with E-state index in [2.05, 4.69) is 13.8 Å². The first kappa shape index (κ1) is 36.0. The van der Waals surface area contributed by atoms with Gasteiger partial charge in [-0.05, 0) is 36.8 Å². The molecule has 1 aromatic carbocycles. The lowest BCUT2D eigenvalue weighted by Gasteiger charge is -2.18. The Labute approximate surface area is 228 Å². The summed E-state index contributed by atoms with van der Waals surface area (Å²) >= 11 is 0. The standard InChI is InChI=1S/C20H38O7S.C6H6O3S/c1-5-9-11-16(7-3)14-26-19(21)13-18(28(23,24)25)20(22)27-15-17(8-4)12-10-6-2;7-10(8,9)6-4-2-1-3-5-6/h16-18H,5-15H2,1-4H3,(H,23,24,25);1-5H,(H,7,8,9). The third-order valence-electron chi connectivity index (χ3n) is 6.04. The second-order valence-electron chi connectivity index (χ2n) is 9.14. The van der Waals surface area contributed by atoms with Crippen LogP contribution in [0.15, 0.2) is 35.2 Å². The van der Waals surface area contributed by atoms with Crippen molar-refractivity contribution in [3.63, 3.8) is 0 Å². The molecule has 0 saturated carbocycles. The maximum absolute atomic E-state index is 12.2. The zero-order chi connectivity index (χ0) is 29.2. The van der Waals surface area contributed by atoms with Crippen LogP contribution in [0.2, 0.25) is 0 Å². The summed E-state index contributed by atoms with van der Waals surface area (Å²) in [6.45, 7) is 8.35. The number of carbonyl (C=O) groups is 2. The van der Waals surface area contributed by atoms with Gasteiger partial charge < -0.3 is 9.47 Å². The van der Waals surface area contributed by atoms with Gasteiger partial charge in [0.1, 0.15) is 0 Å². The summed E-state index contributed by atoms with van der Waals surface area (Å²) in [5.74, 6) is -1.61. The first-order chi connectivity index (χ1) is 17.8. The van der Waals surface area contributed by atoms with E-state index < -0.39 is 43.8 Å². The van der Waals surface area contributed by atoms with Gasteiger partial charge in [-0.3, -0.25) is 18.7 Å². The van der Waals surface area contributed by atoms with Crippen LogP contribution in [0.3, 0.4) is 0 Å². The number of carbonyl (C=O) groups excluding carboxylic acids is 2. The molecule has 220 valence electrons. The first-order valence-electron chi connectivity index (χ1n) is 13.1. The molecule has 0 amide bonds. The third-order valence-corrected chi connectivity index (χ3v) is 7.99. The maximum Gasteiger partial charge on any atom is 0.327 e. The Balaban J connectivity index is 0.00000113. The number of unbranched alkanes of at least 4 members (excludes halogenated alkanes) is 2. The fourth-order valence-corrected chi connectivity index (χ4v) is 4.57. The van der Waals surface area contributed by atoms with Gasteiger partial charge in [-0.1, -0.05) is 84.4 Å². The molecule has 0 spiro atoms. The molecule has 0 aliphatic rings. The Bertz CT molecular complexity index is 1010. The van der Waals surface area contributed by atoms with Crippen molar-refractivity contribution in [2.24, 2.45) is 11.8 Å². The second-order valence-corrected chi connectivity index (χ2v) is 12.2. The molecule has 0 bridgehead atoms. The molecule has 0 aliphatic heterocycles. The predicted molar refractivity (Wildman–Crippen MR) is 145 cm³/mol. The quantitative estimate of drug-likeness (QED) is 0.188. The van der Waals surface area contributed by atoms with Crippen molar-refractivity contribution in [3.8, 4) is 0 Å². The monoisotopic (exact) mass is 580 g/mol. The minimum Gasteiger partial charge on any atom is -0.465 e. The summed E-state index contributed by atoms with van der Waals surface area (Å²) in [5, 5.41) is -1.95. The Morgan fingerprint density at radius 1 is 0.789 bits per heavy atom. The molecule has 0 heterocycles. The molecular formula is C26H44O10S2. The number of benzene rings is 1. The summed E-state index contributed by atoms with van der Waals surface area (Å²) in [7, 11) is -8.77. The normalized spacial score (nSPS) is 13.9. The van der Waals surface area contributed by atoms with Gasteiger partial charge in [-0.2, -0.15) is 16.8 Å². The van der Waals surface area contributed by atoms with Gasteiger partial charge in [-0.15, -0.1) is 0 Å². The Kier molecular flexibility index (Phi) is 18.1. The molecular weight excluding hydrogens is 536 g/mol. The van der Waals surface area contributed by atoms with E-state index in [1.165, 1.54) is 12.1 Å². The van der Waals surface area contributed by atoms with E-state index in [0.29, 0.717) is 0 Å². The minimum atomic E-state index is -4.76. The number of rotatable bonds is 17. The molecule has 38 heavy (non-hydrogen) atoms. The van der Waals surface area contributed by atoms with Crippen molar-refractivity contribution in [1.29, 1.82) is 0 Å². The van der Waals surface area contributed by atoms with Crippen LogP contribution in [0.25, 0.3) is 0 Å². The summed E-state index contributed by atoms with van der Waals surface area (Å²) < 4.78 is 72.0. The average Bonchev–Trinajstić information content (AvgIpc) is 2.87. The van der Waals surface area contributed by atoms with Crippen molar-refractivity contribution >= 4 is 32.2 Å². The molecule has 0 aliphatic carbocycles. The largest absolute Gasteiger partial charge is 0.465 e. The third kappa shape index (κ3) is 16.1. The fourth-order valence-electron chi connectivity index (χ4n) is 3.41. The molecule has 3 atom stereocenters. The molecule has 12 heteroatoms. The molecule has 0 radical (unpaired) electrons. The number of ether oxygens (including phenoxy) is 2. The van der Waals surface area contributed by atoms with Crippen LogP contribution in [0, 0.1) is 11.8 Å². The van der Waals surface area contributed by atoms with Crippen LogP contribution in [0.4, 0.5) is 0 Å².